The molecule has 4 heteroatoms. The second-order valence-corrected chi connectivity index (χ2v) is 6.04. The van der Waals surface area contributed by atoms with E-state index in [4.69, 9.17) is 10.8 Å². The van der Waals surface area contributed by atoms with Crippen molar-refractivity contribution < 1.29 is 5.11 Å². The molecule has 108 valence electrons. The fourth-order valence-corrected chi connectivity index (χ4v) is 2.86. The molecule has 0 saturated carbocycles. The summed E-state index contributed by atoms with van der Waals surface area (Å²) in [5.74, 6) is 0. The molecule has 2 atom stereocenters. The Morgan fingerprint density at radius 2 is 2.05 bits per heavy atom. The minimum Gasteiger partial charge on any atom is -0.396 e. The number of unbranched alkanes of at least 4 members (excludes halogenated alkanes) is 2. The summed E-state index contributed by atoms with van der Waals surface area (Å²) >= 11 is 3.51. The average Bonchev–Trinajstić information content (AvgIpc) is 2.34. The van der Waals surface area contributed by atoms with E-state index in [0.29, 0.717) is 0 Å². The van der Waals surface area contributed by atoms with E-state index in [2.05, 4.69) is 46.9 Å². The Bertz CT molecular complexity index is 371. The van der Waals surface area contributed by atoms with E-state index in [1.807, 2.05) is 12.1 Å². The minimum absolute atomic E-state index is 0.0807. The van der Waals surface area contributed by atoms with Crippen LogP contribution >= 0.6 is 15.9 Å². The highest BCUT2D eigenvalue weighted by atomic mass is 79.9. The lowest BCUT2D eigenvalue weighted by Gasteiger charge is -2.31. The second kappa shape index (κ2) is 8.69. The van der Waals surface area contributed by atoms with Crippen LogP contribution in [0, 0.1) is 0 Å². The molecule has 0 aliphatic rings. The minimum atomic E-state index is 0.0807. The number of halogens is 1. The summed E-state index contributed by atoms with van der Waals surface area (Å²) in [6, 6.07) is 8.65. The van der Waals surface area contributed by atoms with E-state index in [1.165, 1.54) is 5.56 Å². The van der Waals surface area contributed by atoms with Crippen LogP contribution in [0.3, 0.4) is 0 Å². The Kier molecular flexibility index (Phi) is 7.61. The van der Waals surface area contributed by atoms with Gasteiger partial charge in [0, 0.05) is 23.2 Å². The zero-order valence-electron chi connectivity index (χ0n) is 11.8. The summed E-state index contributed by atoms with van der Waals surface area (Å²) in [7, 11) is 2.12. The first kappa shape index (κ1) is 16.6. The highest BCUT2D eigenvalue weighted by Crippen LogP contribution is 2.25. The summed E-state index contributed by atoms with van der Waals surface area (Å²) in [4.78, 5) is 2.31. The smallest absolute Gasteiger partial charge is 0.0494 e. The van der Waals surface area contributed by atoms with Gasteiger partial charge in [-0.1, -0.05) is 28.1 Å². The van der Waals surface area contributed by atoms with Crippen LogP contribution in [0.4, 0.5) is 0 Å². The van der Waals surface area contributed by atoms with Crippen LogP contribution in [0.5, 0.6) is 0 Å². The van der Waals surface area contributed by atoms with E-state index < -0.39 is 0 Å². The first-order chi connectivity index (χ1) is 9.06. The zero-order valence-corrected chi connectivity index (χ0v) is 13.4. The van der Waals surface area contributed by atoms with Gasteiger partial charge in [0.15, 0.2) is 0 Å². The second-order valence-electron chi connectivity index (χ2n) is 5.12. The van der Waals surface area contributed by atoms with Gasteiger partial charge in [-0.15, -0.1) is 0 Å². The van der Waals surface area contributed by atoms with Crippen molar-refractivity contribution in [3.63, 3.8) is 0 Å². The molecular formula is C15H25BrN2O. The quantitative estimate of drug-likeness (QED) is 0.721. The van der Waals surface area contributed by atoms with Gasteiger partial charge in [0.2, 0.25) is 0 Å². The Balaban J connectivity index is 2.66. The summed E-state index contributed by atoms with van der Waals surface area (Å²) in [5, 5.41) is 8.80. The van der Waals surface area contributed by atoms with Crippen LogP contribution in [0.2, 0.25) is 0 Å². The summed E-state index contributed by atoms with van der Waals surface area (Å²) < 4.78 is 1.09. The number of aliphatic hydroxyl groups excluding tert-OH is 1. The number of nitrogens with zero attached hydrogens (tertiary/aromatic N) is 1. The van der Waals surface area contributed by atoms with Crippen LogP contribution in [-0.4, -0.2) is 36.2 Å². The highest BCUT2D eigenvalue weighted by molar-refractivity contribution is 9.10. The maximum atomic E-state index is 8.80. The molecule has 0 radical (unpaired) electrons. The van der Waals surface area contributed by atoms with E-state index in [9.17, 15) is 0 Å². The normalized spacial score (nSPS) is 14.6. The largest absolute Gasteiger partial charge is 0.396 e. The van der Waals surface area contributed by atoms with Crippen LogP contribution in [-0.2, 0) is 0 Å². The van der Waals surface area contributed by atoms with Gasteiger partial charge in [0.25, 0.3) is 0 Å². The summed E-state index contributed by atoms with van der Waals surface area (Å²) in [6.07, 6.45) is 3.03. The monoisotopic (exact) mass is 328 g/mol. The summed E-state index contributed by atoms with van der Waals surface area (Å²) in [6.45, 7) is 3.33. The van der Waals surface area contributed by atoms with Crippen LogP contribution < -0.4 is 5.73 Å². The van der Waals surface area contributed by atoms with Gasteiger partial charge >= 0.3 is 0 Å². The van der Waals surface area contributed by atoms with Gasteiger partial charge in [-0.3, -0.25) is 4.90 Å². The van der Waals surface area contributed by atoms with E-state index in [-0.39, 0.29) is 18.7 Å². The molecule has 0 bridgehead atoms. The van der Waals surface area contributed by atoms with Crippen molar-refractivity contribution in [1.82, 2.24) is 4.90 Å². The maximum Gasteiger partial charge on any atom is 0.0494 e. The molecule has 0 aliphatic heterocycles. The standard InChI is InChI=1S/C15H25BrN2O/c1-12(17)15(13-7-6-8-14(16)11-13)18(2)9-4-3-5-10-19/h6-8,11-12,15,19H,3-5,9-10,17H2,1-2H3. The average molecular weight is 329 g/mol. The maximum absolute atomic E-state index is 8.80. The molecule has 3 N–H and O–H groups in total. The van der Waals surface area contributed by atoms with Crippen LogP contribution in [0.25, 0.3) is 0 Å². The van der Waals surface area contributed by atoms with Crippen molar-refractivity contribution in [2.24, 2.45) is 5.73 Å². The van der Waals surface area contributed by atoms with E-state index in [1.54, 1.807) is 0 Å². The molecule has 0 aromatic heterocycles. The lowest BCUT2D eigenvalue weighted by molar-refractivity contribution is 0.210. The van der Waals surface area contributed by atoms with Gasteiger partial charge in [0.1, 0.15) is 0 Å². The number of likely N-dealkylation sites (N-methyl/N-ethyl adjacent to an activating group) is 1. The molecule has 0 aliphatic carbocycles. The number of hydrogen-bond acceptors (Lipinski definition) is 3. The highest BCUT2D eigenvalue weighted by Gasteiger charge is 2.20. The molecule has 0 fully saturated rings. The lowest BCUT2D eigenvalue weighted by atomic mass is 9.99. The number of aliphatic hydroxyl groups is 1. The fourth-order valence-electron chi connectivity index (χ4n) is 2.44. The van der Waals surface area contributed by atoms with Gasteiger partial charge in [-0.05, 0) is 57.5 Å². The van der Waals surface area contributed by atoms with E-state index in [0.717, 1.165) is 30.3 Å². The molecule has 19 heavy (non-hydrogen) atoms. The van der Waals surface area contributed by atoms with Crippen LogP contribution in [0.15, 0.2) is 28.7 Å². The molecule has 0 saturated heterocycles. The lowest BCUT2D eigenvalue weighted by Crippen LogP contribution is -2.37. The molecule has 0 amide bonds. The molecule has 1 aromatic rings. The molecule has 0 spiro atoms. The molecule has 1 rings (SSSR count). The number of nitrogens with two attached hydrogens (primary N) is 1. The molecule has 0 heterocycles. The fraction of sp³-hybridized carbons (Fsp3) is 0.600. The number of hydrogen-bond donors (Lipinski definition) is 2. The van der Waals surface area contributed by atoms with Crippen molar-refractivity contribution >= 4 is 15.9 Å². The predicted molar refractivity (Wildman–Crippen MR) is 84.1 cm³/mol. The Hall–Kier alpha value is -0.420. The Morgan fingerprint density at radius 3 is 2.63 bits per heavy atom. The molecular weight excluding hydrogens is 304 g/mol. The van der Waals surface area contributed by atoms with Gasteiger partial charge in [0.05, 0.1) is 0 Å². The van der Waals surface area contributed by atoms with Gasteiger partial charge in [-0.25, -0.2) is 0 Å². The SMILES string of the molecule is CC(N)C(c1cccc(Br)c1)N(C)CCCCCO. The Labute approximate surface area is 124 Å². The molecule has 3 nitrogen and oxygen atoms in total. The third kappa shape index (κ3) is 5.61. The van der Waals surface area contributed by atoms with E-state index >= 15 is 0 Å². The number of benzene rings is 1. The topological polar surface area (TPSA) is 49.5 Å². The third-order valence-electron chi connectivity index (χ3n) is 3.33. The van der Waals surface area contributed by atoms with Crippen molar-refractivity contribution in [2.75, 3.05) is 20.2 Å². The van der Waals surface area contributed by atoms with Crippen molar-refractivity contribution in [3.8, 4) is 0 Å². The molecule has 2 unspecified atom stereocenters. The molecule has 1 aromatic carbocycles. The first-order valence-electron chi connectivity index (χ1n) is 6.88. The first-order valence-corrected chi connectivity index (χ1v) is 7.67. The zero-order chi connectivity index (χ0) is 14.3. The van der Waals surface area contributed by atoms with Crippen molar-refractivity contribution in [2.45, 2.75) is 38.3 Å². The van der Waals surface area contributed by atoms with Crippen molar-refractivity contribution in [3.05, 3.63) is 34.3 Å². The van der Waals surface area contributed by atoms with Crippen molar-refractivity contribution in [1.29, 1.82) is 0 Å². The third-order valence-corrected chi connectivity index (χ3v) is 3.83. The van der Waals surface area contributed by atoms with Gasteiger partial charge in [-0.2, -0.15) is 0 Å². The van der Waals surface area contributed by atoms with Crippen LogP contribution in [0.1, 0.15) is 37.8 Å². The Morgan fingerprint density at radius 1 is 1.32 bits per heavy atom. The number of rotatable bonds is 8. The predicted octanol–water partition coefficient (Wildman–Crippen LogP) is 2.93. The summed E-state index contributed by atoms with van der Waals surface area (Å²) in [5.41, 5.74) is 7.40. The van der Waals surface area contributed by atoms with Gasteiger partial charge < -0.3 is 10.8 Å².